The van der Waals surface area contributed by atoms with E-state index >= 15 is 0 Å². The summed E-state index contributed by atoms with van der Waals surface area (Å²) in [6.45, 7) is 7.77. The number of thioether (sulfide) groups is 1. The van der Waals surface area contributed by atoms with E-state index in [9.17, 15) is 9.59 Å². The average molecular weight is 258 g/mol. The third-order valence-electron chi connectivity index (χ3n) is 1.54. The van der Waals surface area contributed by atoms with E-state index in [1.165, 1.54) is 23.9 Å². The molecule has 0 bridgehead atoms. The second-order valence-electron chi connectivity index (χ2n) is 3.12. The van der Waals surface area contributed by atoms with Gasteiger partial charge in [0.1, 0.15) is 0 Å². The van der Waals surface area contributed by atoms with Gasteiger partial charge in [0.05, 0.1) is 13.2 Å². The molecule has 0 aliphatic rings. The van der Waals surface area contributed by atoms with Crippen molar-refractivity contribution in [3.8, 4) is 0 Å². The maximum atomic E-state index is 11.1. The van der Waals surface area contributed by atoms with Crippen LogP contribution >= 0.6 is 11.8 Å². The Bertz CT molecular complexity index is 299. The highest BCUT2D eigenvalue weighted by atomic mass is 32.2. The maximum absolute atomic E-state index is 11.1. The molecule has 0 aliphatic heterocycles. The van der Waals surface area contributed by atoms with E-state index in [0.29, 0.717) is 13.2 Å². The first-order valence-corrected chi connectivity index (χ1v) is 6.19. The highest BCUT2D eigenvalue weighted by molar-refractivity contribution is 8.06. The van der Waals surface area contributed by atoms with Gasteiger partial charge in [-0.3, -0.25) is 0 Å². The van der Waals surface area contributed by atoms with Gasteiger partial charge in [0, 0.05) is 12.2 Å². The second-order valence-corrected chi connectivity index (χ2v) is 4.61. The molecule has 0 atom stereocenters. The number of carbonyl (C=O) groups is 2. The van der Waals surface area contributed by atoms with E-state index in [1.807, 2.05) is 0 Å². The highest BCUT2D eigenvalue weighted by Gasteiger charge is 2.02. The first kappa shape index (κ1) is 15.8. The third-order valence-corrected chi connectivity index (χ3v) is 2.42. The normalized spacial score (nSPS) is 12.2. The molecule has 0 saturated heterocycles. The van der Waals surface area contributed by atoms with E-state index in [0.717, 1.165) is 9.81 Å². The Hall–Kier alpha value is -1.23. The van der Waals surface area contributed by atoms with Crippen molar-refractivity contribution in [2.75, 3.05) is 13.2 Å². The van der Waals surface area contributed by atoms with Crippen LogP contribution in [0.2, 0.25) is 0 Å². The zero-order valence-corrected chi connectivity index (χ0v) is 11.4. The molecule has 0 heterocycles. The summed E-state index contributed by atoms with van der Waals surface area (Å²) in [5.74, 6) is -0.747. The summed E-state index contributed by atoms with van der Waals surface area (Å²) in [5, 5.41) is 0. The minimum Gasteiger partial charge on any atom is -0.463 e. The highest BCUT2D eigenvalue weighted by Crippen LogP contribution is 2.24. The fraction of sp³-hybridized carbons (Fsp3) is 0.500. The summed E-state index contributed by atoms with van der Waals surface area (Å²) >= 11 is 1.33. The molecular formula is C12H18O4S. The number of carbonyl (C=O) groups excluding carboxylic acids is 2. The van der Waals surface area contributed by atoms with E-state index in [4.69, 9.17) is 9.47 Å². The SMILES string of the molecule is CCOC(=O)/C=C(\C)S/C(C)=C/C(=O)OCC. The van der Waals surface area contributed by atoms with E-state index in [-0.39, 0.29) is 11.9 Å². The standard InChI is InChI=1S/C12H18O4S/c1-5-15-11(13)7-9(3)17-10(4)8-12(14)16-6-2/h7-8H,5-6H2,1-4H3/b9-7+,10-8+. The molecule has 17 heavy (non-hydrogen) atoms. The van der Waals surface area contributed by atoms with Crippen LogP contribution in [-0.2, 0) is 19.1 Å². The molecule has 0 aromatic rings. The summed E-state index contributed by atoms with van der Waals surface area (Å²) in [6, 6.07) is 0. The van der Waals surface area contributed by atoms with Gasteiger partial charge in [-0.05, 0) is 37.5 Å². The van der Waals surface area contributed by atoms with E-state index < -0.39 is 0 Å². The molecule has 0 saturated carbocycles. The lowest BCUT2D eigenvalue weighted by Gasteiger charge is -2.02. The molecule has 0 aromatic carbocycles. The lowest BCUT2D eigenvalue weighted by molar-refractivity contribution is -0.138. The summed E-state index contributed by atoms with van der Waals surface area (Å²) in [7, 11) is 0. The Kier molecular flexibility index (Phi) is 8.23. The quantitative estimate of drug-likeness (QED) is 0.541. The Morgan fingerprint density at radius 3 is 1.59 bits per heavy atom. The van der Waals surface area contributed by atoms with Crippen molar-refractivity contribution >= 4 is 23.7 Å². The van der Waals surface area contributed by atoms with Crippen molar-refractivity contribution in [1.82, 2.24) is 0 Å². The largest absolute Gasteiger partial charge is 0.463 e. The molecular weight excluding hydrogens is 240 g/mol. The summed E-state index contributed by atoms with van der Waals surface area (Å²) in [5.41, 5.74) is 0. The summed E-state index contributed by atoms with van der Waals surface area (Å²) in [6.07, 6.45) is 2.80. The molecule has 0 spiro atoms. The van der Waals surface area contributed by atoms with Crippen LogP contribution in [0.5, 0.6) is 0 Å². The predicted octanol–water partition coefficient (Wildman–Crippen LogP) is 2.65. The van der Waals surface area contributed by atoms with Crippen molar-refractivity contribution in [3.63, 3.8) is 0 Å². The van der Waals surface area contributed by atoms with Gasteiger partial charge in [-0.1, -0.05) is 11.8 Å². The van der Waals surface area contributed by atoms with Crippen molar-refractivity contribution in [2.45, 2.75) is 27.7 Å². The molecule has 0 fully saturated rings. The number of hydrogen-bond donors (Lipinski definition) is 0. The van der Waals surface area contributed by atoms with Crippen LogP contribution in [0.4, 0.5) is 0 Å². The topological polar surface area (TPSA) is 52.6 Å². The van der Waals surface area contributed by atoms with Gasteiger partial charge in [-0.25, -0.2) is 9.59 Å². The van der Waals surface area contributed by atoms with Gasteiger partial charge < -0.3 is 9.47 Å². The van der Waals surface area contributed by atoms with Gasteiger partial charge >= 0.3 is 11.9 Å². The molecule has 5 heteroatoms. The second kappa shape index (κ2) is 8.87. The van der Waals surface area contributed by atoms with Crippen molar-refractivity contribution in [3.05, 3.63) is 22.0 Å². The Balaban J connectivity index is 4.32. The van der Waals surface area contributed by atoms with E-state index in [1.54, 1.807) is 27.7 Å². The molecule has 0 aliphatic carbocycles. The molecule has 0 rings (SSSR count). The van der Waals surface area contributed by atoms with Gasteiger partial charge in [0.15, 0.2) is 0 Å². The molecule has 4 nitrogen and oxygen atoms in total. The van der Waals surface area contributed by atoms with Gasteiger partial charge in [0.2, 0.25) is 0 Å². The average Bonchev–Trinajstić information content (AvgIpc) is 2.16. The molecule has 0 N–H and O–H groups in total. The summed E-state index contributed by atoms with van der Waals surface area (Å²) in [4.78, 5) is 23.8. The summed E-state index contributed by atoms with van der Waals surface area (Å²) < 4.78 is 9.55. The maximum Gasteiger partial charge on any atom is 0.331 e. The first-order valence-electron chi connectivity index (χ1n) is 5.37. The number of ether oxygens (including phenoxy) is 2. The van der Waals surface area contributed by atoms with Crippen LogP contribution < -0.4 is 0 Å². The van der Waals surface area contributed by atoms with Gasteiger partial charge in [-0.15, -0.1) is 0 Å². The van der Waals surface area contributed by atoms with Crippen LogP contribution in [-0.4, -0.2) is 25.2 Å². The van der Waals surface area contributed by atoms with Gasteiger partial charge in [0.25, 0.3) is 0 Å². The molecule has 0 aromatic heterocycles. The Morgan fingerprint density at radius 1 is 0.941 bits per heavy atom. The van der Waals surface area contributed by atoms with Crippen LogP contribution in [0.3, 0.4) is 0 Å². The van der Waals surface area contributed by atoms with Crippen LogP contribution in [0.15, 0.2) is 22.0 Å². The van der Waals surface area contributed by atoms with Crippen LogP contribution in [0.1, 0.15) is 27.7 Å². The van der Waals surface area contributed by atoms with E-state index in [2.05, 4.69) is 0 Å². The lowest BCUT2D eigenvalue weighted by atomic mass is 10.5. The number of allylic oxidation sites excluding steroid dienone is 2. The van der Waals surface area contributed by atoms with Crippen molar-refractivity contribution in [1.29, 1.82) is 0 Å². The lowest BCUT2D eigenvalue weighted by Crippen LogP contribution is -2.00. The Labute approximate surface area is 106 Å². The van der Waals surface area contributed by atoms with Crippen molar-refractivity contribution < 1.29 is 19.1 Å². The zero-order chi connectivity index (χ0) is 13.3. The van der Waals surface area contributed by atoms with Gasteiger partial charge in [-0.2, -0.15) is 0 Å². The predicted molar refractivity (Wildman–Crippen MR) is 68.4 cm³/mol. The monoisotopic (exact) mass is 258 g/mol. The number of rotatable bonds is 6. The minimum atomic E-state index is -0.374. The minimum absolute atomic E-state index is 0.352. The molecule has 96 valence electrons. The molecule has 0 unspecified atom stereocenters. The number of esters is 2. The zero-order valence-electron chi connectivity index (χ0n) is 10.6. The first-order chi connectivity index (χ1) is 7.99. The fourth-order valence-electron chi connectivity index (χ4n) is 1.01. The molecule has 0 radical (unpaired) electrons. The van der Waals surface area contributed by atoms with Crippen LogP contribution in [0, 0.1) is 0 Å². The van der Waals surface area contributed by atoms with Crippen molar-refractivity contribution in [2.24, 2.45) is 0 Å². The van der Waals surface area contributed by atoms with Crippen LogP contribution in [0.25, 0.3) is 0 Å². The fourth-order valence-corrected chi connectivity index (χ4v) is 1.83. The number of hydrogen-bond acceptors (Lipinski definition) is 5. The molecule has 0 amide bonds. The Morgan fingerprint density at radius 2 is 1.29 bits per heavy atom. The third kappa shape index (κ3) is 8.56. The smallest absolute Gasteiger partial charge is 0.331 e.